The first-order valence-corrected chi connectivity index (χ1v) is 5.05. The minimum Gasteiger partial charge on any atom is -0.349 e. The number of benzene rings is 1. The Kier molecular flexibility index (Phi) is 2.97. The number of rotatable bonds is 4. The van der Waals surface area contributed by atoms with E-state index in [9.17, 15) is 0 Å². The van der Waals surface area contributed by atoms with Gasteiger partial charge in [0.25, 0.3) is 0 Å². The van der Waals surface area contributed by atoms with Crippen LogP contribution in [0.2, 0.25) is 0 Å². The zero-order chi connectivity index (χ0) is 10.5. The monoisotopic (exact) mass is 202 g/mol. The number of nitrogens with one attached hydrogen (secondary N) is 1. The van der Waals surface area contributed by atoms with Crippen LogP contribution in [0, 0.1) is 0 Å². The van der Waals surface area contributed by atoms with Crippen molar-refractivity contribution in [2.45, 2.75) is 20.0 Å². The van der Waals surface area contributed by atoms with Crippen LogP contribution in [0.4, 0.5) is 5.95 Å². The molecule has 0 amide bonds. The molecule has 1 aromatic carbocycles. The van der Waals surface area contributed by atoms with Crippen molar-refractivity contribution in [1.82, 2.24) is 14.8 Å². The molecule has 0 atom stereocenters. The molecule has 0 saturated carbocycles. The number of hydrogen-bond donors (Lipinski definition) is 1. The van der Waals surface area contributed by atoms with Crippen LogP contribution in [0.15, 0.2) is 36.7 Å². The van der Waals surface area contributed by atoms with Crippen molar-refractivity contribution in [3.05, 3.63) is 42.2 Å². The molecular formula is C11H14N4. The summed E-state index contributed by atoms with van der Waals surface area (Å²) in [5, 5.41) is 7.41. The maximum atomic E-state index is 4.24. The first-order chi connectivity index (χ1) is 7.38. The Balaban J connectivity index is 1.93. The molecule has 4 heteroatoms. The molecule has 0 spiro atoms. The van der Waals surface area contributed by atoms with E-state index in [1.807, 2.05) is 25.1 Å². The van der Waals surface area contributed by atoms with Crippen molar-refractivity contribution in [3.63, 3.8) is 0 Å². The fourth-order valence-corrected chi connectivity index (χ4v) is 1.30. The summed E-state index contributed by atoms with van der Waals surface area (Å²) in [4.78, 5) is 4.14. The van der Waals surface area contributed by atoms with Gasteiger partial charge in [0.2, 0.25) is 5.95 Å². The molecule has 15 heavy (non-hydrogen) atoms. The molecule has 4 nitrogen and oxygen atoms in total. The van der Waals surface area contributed by atoms with E-state index in [1.54, 1.807) is 11.0 Å². The van der Waals surface area contributed by atoms with Gasteiger partial charge < -0.3 is 5.32 Å². The molecule has 0 aliphatic rings. The fourth-order valence-electron chi connectivity index (χ4n) is 1.30. The molecule has 78 valence electrons. The van der Waals surface area contributed by atoms with Gasteiger partial charge in [0.05, 0.1) is 0 Å². The van der Waals surface area contributed by atoms with Crippen molar-refractivity contribution >= 4 is 5.95 Å². The van der Waals surface area contributed by atoms with Gasteiger partial charge in [-0.05, 0) is 12.5 Å². The molecule has 0 unspecified atom stereocenters. The number of hydrogen-bond acceptors (Lipinski definition) is 3. The van der Waals surface area contributed by atoms with Crippen molar-refractivity contribution in [2.75, 3.05) is 5.32 Å². The maximum Gasteiger partial charge on any atom is 0.242 e. The van der Waals surface area contributed by atoms with Crippen LogP contribution < -0.4 is 5.32 Å². The number of aryl methyl sites for hydroxylation is 1. The lowest BCUT2D eigenvalue weighted by atomic mass is 10.2. The van der Waals surface area contributed by atoms with Gasteiger partial charge in [0.15, 0.2) is 0 Å². The highest BCUT2D eigenvalue weighted by Gasteiger charge is 1.98. The minimum absolute atomic E-state index is 0.681. The lowest BCUT2D eigenvalue weighted by Gasteiger charge is -2.01. The molecular weight excluding hydrogens is 188 g/mol. The van der Waals surface area contributed by atoms with E-state index in [0.29, 0.717) is 5.95 Å². The molecule has 1 aromatic heterocycles. The Morgan fingerprint density at radius 3 is 2.73 bits per heavy atom. The van der Waals surface area contributed by atoms with Crippen LogP contribution in [-0.4, -0.2) is 14.8 Å². The smallest absolute Gasteiger partial charge is 0.242 e. The van der Waals surface area contributed by atoms with E-state index in [1.165, 1.54) is 5.56 Å². The first-order valence-electron chi connectivity index (χ1n) is 5.05. The standard InChI is InChI=1S/C11H14N4/c1-2-15-9-13-11(14-15)12-8-10-6-4-3-5-7-10/h3-7,9H,2,8H2,1H3,(H,12,14). The fraction of sp³-hybridized carbons (Fsp3) is 0.273. The minimum atomic E-state index is 0.681. The molecule has 0 fully saturated rings. The van der Waals surface area contributed by atoms with E-state index in [-0.39, 0.29) is 0 Å². The van der Waals surface area contributed by atoms with Gasteiger partial charge in [-0.3, -0.25) is 4.68 Å². The van der Waals surface area contributed by atoms with Crippen molar-refractivity contribution < 1.29 is 0 Å². The highest BCUT2D eigenvalue weighted by Crippen LogP contribution is 2.02. The average molecular weight is 202 g/mol. The SMILES string of the molecule is CCn1cnc(NCc2ccccc2)n1. The van der Waals surface area contributed by atoms with E-state index < -0.39 is 0 Å². The molecule has 1 N–H and O–H groups in total. The predicted octanol–water partition coefficient (Wildman–Crippen LogP) is 1.91. The zero-order valence-electron chi connectivity index (χ0n) is 8.72. The summed E-state index contributed by atoms with van der Waals surface area (Å²) >= 11 is 0. The topological polar surface area (TPSA) is 42.7 Å². The number of anilines is 1. The molecule has 2 rings (SSSR count). The summed E-state index contributed by atoms with van der Waals surface area (Å²) in [7, 11) is 0. The Bertz CT molecular complexity index is 408. The Labute approximate surface area is 89.0 Å². The Hall–Kier alpha value is -1.84. The van der Waals surface area contributed by atoms with Crippen LogP contribution in [0.1, 0.15) is 12.5 Å². The summed E-state index contributed by atoms with van der Waals surface area (Å²) in [6, 6.07) is 10.2. The highest BCUT2D eigenvalue weighted by molar-refractivity contribution is 5.25. The summed E-state index contributed by atoms with van der Waals surface area (Å²) < 4.78 is 1.80. The van der Waals surface area contributed by atoms with Gasteiger partial charge in [-0.25, -0.2) is 4.98 Å². The van der Waals surface area contributed by atoms with Crippen molar-refractivity contribution in [2.24, 2.45) is 0 Å². The van der Waals surface area contributed by atoms with E-state index in [0.717, 1.165) is 13.1 Å². The second-order valence-electron chi connectivity index (χ2n) is 3.26. The van der Waals surface area contributed by atoms with Gasteiger partial charge >= 0.3 is 0 Å². The molecule has 0 radical (unpaired) electrons. The summed E-state index contributed by atoms with van der Waals surface area (Å²) in [5.41, 5.74) is 1.23. The van der Waals surface area contributed by atoms with Gasteiger partial charge in [-0.15, -0.1) is 5.10 Å². The van der Waals surface area contributed by atoms with E-state index in [2.05, 4.69) is 27.5 Å². The van der Waals surface area contributed by atoms with Gasteiger partial charge in [0.1, 0.15) is 6.33 Å². The van der Waals surface area contributed by atoms with Crippen molar-refractivity contribution in [3.8, 4) is 0 Å². The second kappa shape index (κ2) is 4.59. The van der Waals surface area contributed by atoms with E-state index in [4.69, 9.17) is 0 Å². The molecule has 0 bridgehead atoms. The normalized spacial score (nSPS) is 10.2. The van der Waals surface area contributed by atoms with Crippen LogP contribution in [0.3, 0.4) is 0 Å². The zero-order valence-corrected chi connectivity index (χ0v) is 8.72. The number of nitrogens with zero attached hydrogens (tertiary/aromatic N) is 3. The lowest BCUT2D eigenvalue weighted by molar-refractivity contribution is 0.659. The third-order valence-corrected chi connectivity index (χ3v) is 2.15. The van der Waals surface area contributed by atoms with Gasteiger partial charge in [0, 0.05) is 13.1 Å². The summed E-state index contributed by atoms with van der Waals surface area (Å²) in [6.45, 7) is 3.64. The Morgan fingerprint density at radius 2 is 2.07 bits per heavy atom. The van der Waals surface area contributed by atoms with Gasteiger partial charge in [-0.2, -0.15) is 0 Å². The van der Waals surface area contributed by atoms with E-state index >= 15 is 0 Å². The average Bonchev–Trinajstić information content (AvgIpc) is 2.76. The molecule has 0 aliphatic heterocycles. The number of aromatic nitrogens is 3. The Morgan fingerprint density at radius 1 is 1.27 bits per heavy atom. The maximum absolute atomic E-state index is 4.24. The highest BCUT2D eigenvalue weighted by atomic mass is 15.4. The third-order valence-electron chi connectivity index (χ3n) is 2.15. The third kappa shape index (κ3) is 2.56. The first kappa shape index (κ1) is 9.71. The predicted molar refractivity (Wildman–Crippen MR) is 59.5 cm³/mol. The van der Waals surface area contributed by atoms with Crippen LogP contribution >= 0.6 is 0 Å². The van der Waals surface area contributed by atoms with Crippen LogP contribution in [0.25, 0.3) is 0 Å². The molecule has 0 aliphatic carbocycles. The molecule has 1 heterocycles. The molecule has 0 saturated heterocycles. The quantitative estimate of drug-likeness (QED) is 0.823. The second-order valence-corrected chi connectivity index (χ2v) is 3.26. The van der Waals surface area contributed by atoms with Gasteiger partial charge in [-0.1, -0.05) is 30.3 Å². The summed E-state index contributed by atoms with van der Waals surface area (Å²) in [5.74, 6) is 0.681. The van der Waals surface area contributed by atoms with Crippen LogP contribution in [-0.2, 0) is 13.1 Å². The van der Waals surface area contributed by atoms with Crippen LogP contribution in [0.5, 0.6) is 0 Å². The summed E-state index contributed by atoms with van der Waals surface area (Å²) in [6.07, 6.45) is 1.73. The lowest BCUT2D eigenvalue weighted by Crippen LogP contribution is -2.02. The molecule has 2 aromatic rings. The van der Waals surface area contributed by atoms with Crippen molar-refractivity contribution in [1.29, 1.82) is 0 Å². The largest absolute Gasteiger partial charge is 0.349 e.